The highest BCUT2D eigenvalue weighted by molar-refractivity contribution is 7.10. The zero-order valence-corrected chi connectivity index (χ0v) is 9.28. The largest absolute Gasteiger partial charge is 0.310 e. The molecule has 2 aliphatic rings. The lowest BCUT2D eigenvalue weighted by Crippen LogP contribution is -2.26. The molecular formula is C12H17NS. The van der Waals surface area contributed by atoms with Crippen molar-refractivity contribution in [1.29, 1.82) is 0 Å². The Morgan fingerprint density at radius 1 is 1.36 bits per heavy atom. The summed E-state index contributed by atoms with van der Waals surface area (Å²) in [4.78, 5) is 1.63. The van der Waals surface area contributed by atoms with Crippen LogP contribution in [0, 0.1) is 5.92 Å². The van der Waals surface area contributed by atoms with Gasteiger partial charge in [0.2, 0.25) is 0 Å². The maximum atomic E-state index is 3.73. The SMILES string of the molecule is c1cc2c(s1)CCCC2NCC1CC1. The summed E-state index contributed by atoms with van der Waals surface area (Å²) in [6.07, 6.45) is 6.94. The third-order valence-corrected chi connectivity index (χ3v) is 4.40. The van der Waals surface area contributed by atoms with Gasteiger partial charge in [0.25, 0.3) is 0 Å². The third kappa shape index (κ3) is 1.73. The van der Waals surface area contributed by atoms with Crippen molar-refractivity contribution in [1.82, 2.24) is 5.32 Å². The van der Waals surface area contributed by atoms with E-state index in [0.717, 1.165) is 5.92 Å². The maximum absolute atomic E-state index is 3.73. The van der Waals surface area contributed by atoms with E-state index in [1.807, 2.05) is 11.3 Å². The fourth-order valence-corrected chi connectivity index (χ4v) is 3.32. The van der Waals surface area contributed by atoms with E-state index < -0.39 is 0 Å². The maximum Gasteiger partial charge on any atom is 0.0331 e. The van der Waals surface area contributed by atoms with Crippen LogP contribution in [0.3, 0.4) is 0 Å². The molecule has 14 heavy (non-hydrogen) atoms. The normalized spacial score (nSPS) is 26.1. The lowest BCUT2D eigenvalue weighted by molar-refractivity contribution is 0.454. The Bertz CT molecular complexity index is 314. The molecule has 0 aromatic carbocycles. The molecule has 1 atom stereocenters. The summed E-state index contributed by atoms with van der Waals surface area (Å²) in [6, 6.07) is 2.99. The summed E-state index contributed by atoms with van der Waals surface area (Å²) in [6.45, 7) is 1.25. The van der Waals surface area contributed by atoms with E-state index in [1.165, 1.54) is 38.6 Å². The Labute approximate surface area is 89.5 Å². The topological polar surface area (TPSA) is 12.0 Å². The van der Waals surface area contributed by atoms with Gasteiger partial charge in [-0.15, -0.1) is 11.3 Å². The summed E-state index contributed by atoms with van der Waals surface area (Å²) < 4.78 is 0. The van der Waals surface area contributed by atoms with Crippen LogP contribution in [0.4, 0.5) is 0 Å². The summed E-state index contributed by atoms with van der Waals surface area (Å²) in [5, 5.41) is 5.98. The molecule has 1 nitrogen and oxygen atoms in total. The van der Waals surface area contributed by atoms with Crippen LogP contribution in [0.25, 0.3) is 0 Å². The number of hydrogen-bond donors (Lipinski definition) is 1. The molecule has 1 unspecified atom stereocenters. The van der Waals surface area contributed by atoms with E-state index in [0.29, 0.717) is 6.04 Å². The number of hydrogen-bond acceptors (Lipinski definition) is 2. The van der Waals surface area contributed by atoms with Crippen LogP contribution in [0.2, 0.25) is 0 Å². The second-order valence-electron chi connectivity index (χ2n) is 4.60. The molecule has 1 N–H and O–H groups in total. The van der Waals surface area contributed by atoms with Crippen molar-refractivity contribution in [2.75, 3.05) is 6.54 Å². The van der Waals surface area contributed by atoms with Crippen molar-refractivity contribution in [3.8, 4) is 0 Å². The Morgan fingerprint density at radius 3 is 3.14 bits per heavy atom. The molecule has 0 amide bonds. The number of rotatable bonds is 3. The van der Waals surface area contributed by atoms with Gasteiger partial charge < -0.3 is 5.32 Å². The van der Waals surface area contributed by atoms with Crippen molar-refractivity contribution in [2.24, 2.45) is 5.92 Å². The van der Waals surface area contributed by atoms with Crippen LogP contribution >= 0.6 is 11.3 Å². The lowest BCUT2D eigenvalue weighted by Gasteiger charge is -2.23. The first-order chi connectivity index (χ1) is 6.93. The molecule has 0 aliphatic heterocycles. The minimum absolute atomic E-state index is 0.672. The van der Waals surface area contributed by atoms with E-state index in [2.05, 4.69) is 16.8 Å². The van der Waals surface area contributed by atoms with E-state index >= 15 is 0 Å². The summed E-state index contributed by atoms with van der Waals surface area (Å²) in [5.74, 6) is 0.999. The molecule has 0 saturated heterocycles. The molecule has 0 spiro atoms. The Hall–Kier alpha value is -0.340. The van der Waals surface area contributed by atoms with Crippen molar-refractivity contribution >= 4 is 11.3 Å². The van der Waals surface area contributed by atoms with Gasteiger partial charge in [-0.2, -0.15) is 0 Å². The van der Waals surface area contributed by atoms with Crippen molar-refractivity contribution in [3.63, 3.8) is 0 Å². The van der Waals surface area contributed by atoms with Gasteiger partial charge in [-0.3, -0.25) is 0 Å². The zero-order valence-electron chi connectivity index (χ0n) is 8.46. The molecule has 1 aromatic heterocycles. The van der Waals surface area contributed by atoms with Gasteiger partial charge in [0.05, 0.1) is 0 Å². The fraction of sp³-hybridized carbons (Fsp3) is 0.667. The average Bonchev–Trinajstić information content (AvgIpc) is 2.91. The Morgan fingerprint density at radius 2 is 2.29 bits per heavy atom. The predicted octanol–water partition coefficient (Wildman–Crippen LogP) is 3.13. The number of thiophene rings is 1. The first-order valence-corrected chi connectivity index (χ1v) is 6.61. The minimum atomic E-state index is 0.672. The van der Waals surface area contributed by atoms with Gasteiger partial charge in [0.15, 0.2) is 0 Å². The van der Waals surface area contributed by atoms with Gasteiger partial charge in [0.1, 0.15) is 0 Å². The van der Waals surface area contributed by atoms with Crippen LogP contribution in [-0.2, 0) is 6.42 Å². The van der Waals surface area contributed by atoms with Crippen LogP contribution in [0.5, 0.6) is 0 Å². The molecule has 3 rings (SSSR count). The van der Waals surface area contributed by atoms with Gasteiger partial charge in [-0.25, -0.2) is 0 Å². The standard InChI is InChI=1S/C12H17NS/c1-2-11(13-8-9-4-5-9)10-6-7-14-12(10)3-1/h6-7,9,11,13H,1-5,8H2. The van der Waals surface area contributed by atoms with Crippen LogP contribution in [0.1, 0.15) is 42.2 Å². The molecule has 1 saturated carbocycles. The van der Waals surface area contributed by atoms with E-state index in [1.54, 1.807) is 10.4 Å². The first kappa shape index (κ1) is 8.93. The van der Waals surface area contributed by atoms with Crippen LogP contribution < -0.4 is 5.32 Å². The lowest BCUT2D eigenvalue weighted by atomic mass is 9.94. The molecule has 1 fully saturated rings. The number of aryl methyl sites for hydroxylation is 1. The molecule has 1 heterocycles. The molecule has 1 aromatic rings. The van der Waals surface area contributed by atoms with Gasteiger partial charge in [-0.05, 0) is 61.6 Å². The average molecular weight is 207 g/mol. The van der Waals surface area contributed by atoms with Crippen molar-refractivity contribution in [2.45, 2.75) is 38.1 Å². The highest BCUT2D eigenvalue weighted by Crippen LogP contribution is 2.34. The zero-order chi connectivity index (χ0) is 9.38. The smallest absolute Gasteiger partial charge is 0.0331 e. The molecule has 2 heteroatoms. The summed E-state index contributed by atoms with van der Waals surface area (Å²) in [7, 11) is 0. The van der Waals surface area contributed by atoms with Crippen LogP contribution in [-0.4, -0.2) is 6.54 Å². The van der Waals surface area contributed by atoms with Gasteiger partial charge in [0, 0.05) is 10.9 Å². The highest BCUT2D eigenvalue weighted by Gasteiger charge is 2.25. The fourth-order valence-electron chi connectivity index (χ4n) is 2.33. The number of fused-ring (bicyclic) bond motifs is 1. The van der Waals surface area contributed by atoms with Gasteiger partial charge in [-0.1, -0.05) is 0 Å². The third-order valence-electron chi connectivity index (χ3n) is 3.40. The summed E-state index contributed by atoms with van der Waals surface area (Å²) in [5.41, 5.74) is 1.60. The van der Waals surface area contributed by atoms with Gasteiger partial charge >= 0.3 is 0 Å². The molecule has 2 aliphatic carbocycles. The Kier molecular flexibility index (Phi) is 2.34. The van der Waals surface area contributed by atoms with E-state index in [-0.39, 0.29) is 0 Å². The van der Waals surface area contributed by atoms with E-state index in [9.17, 15) is 0 Å². The number of nitrogens with one attached hydrogen (secondary N) is 1. The van der Waals surface area contributed by atoms with E-state index in [4.69, 9.17) is 0 Å². The molecule has 76 valence electrons. The molecule has 0 radical (unpaired) electrons. The Balaban J connectivity index is 1.68. The molecule has 0 bridgehead atoms. The highest BCUT2D eigenvalue weighted by atomic mass is 32.1. The summed E-state index contributed by atoms with van der Waals surface area (Å²) >= 11 is 1.94. The second kappa shape index (κ2) is 3.67. The molecular weight excluding hydrogens is 190 g/mol. The first-order valence-electron chi connectivity index (χ1n) is 5.73. The second-order valence-corrected chi connectivity index (χ2v) is 5.60. The minimum Gasteiger partial charge on any atom is -0.310 e. The monoisotopic (exact) mass is 207 g/mol. The van der Waals surface area contributed by atoms with Crippen molar-refractivity contribution in [3.05, 3.63) is 21.9 Å². The quantitative estimate of drug-likeness (QED) is 0.803. The predicted molar refractivity (Wildman–Crippen MR) is 60.7 cm³/mol. The van der Waals surface area contributed by atoms with Crippen molar-refractivity contribution < 1.29 is 0 Å². The van der Waals surface area contributed by atoms with Crippen LogP contribution in [0.15, 0.2) is 11.4 Å².